The first-order valence-electron chi connectivity index (χ1n) is 6.53. The number of phenolic OH excluding ortho intramolecular Hbond substituents is 1. The first-order valence-corrected chi connectivity index (χ1v) is 7.97. The third-order valence-corrected chi connectivity index (χ3v) is 4.34. The van der Waals surface area contributed by atoms with Crippen molar-refractivity contribution in [1.29, 1.82) is 0 Å². The third kappa shape index (κ3) is 3.38. The van der Waals surface area contributed by atoms with Gasteiger partial charge in [-0.25, -0.2) is 0 Å². The number of carbonyl (C=O) groups is 2. The van der Waals surface area contributed by atoms with Crippen molar-refractivity contribution in [3.05, 3.63) is 53.6 Å². The second-order valence-corrected chi connectivity index (χ2v) is 6.47. The summed E-state index contributed by atoms with van der Waals surface area (Å²) in [6, 6.07) is 9.62. The number of fused-ring (bicyclic) bond motifs is 1. The summed E-state index contributed by atoms with van der Waals surface area (Å²) >= 11 is 0. The molecule has 3 rings (SSSR count). The van der Waals surface area contributed by atoms with Gasteiger partial charge in [0, 0.05) is 0 Å². The first-order chi connectivity index (χ1) is 10.8. The number of carbonyl (C=O) groups excluding carboxylic acids is 2. The van der Waals surface area contributed by atoms with E-state index in [2.05, 4.69) is 0 Å². The molecule has 0 bridgehead atoms. The molecule has 1 aliphatic heterocycles. The predicted octanol–water partition coefficient (Wildman–Crippen LogP) is 0.720. The van der Waals surface area contributed by atoms with Crippen LogP contribution in [0.1, 0.15) is 15.9 Å². The molecule has 0 unspecified atom stereocenters. The molecular weight excluding hydrogens is 345 g/mol. The van der Waals surface area contributed by atoms with Crippen LogP contribution in [-0.2, 0) is 21.5 Å². The Morgan fingerprint density at radius 1 is 1.04 bits per heavy atom. The number of Topliss-reactive ketones (excluding diaryl/α,β-unsaturated/α-hetero) is 1. The van der Waals surface area contributed by atoms with E-state index in [9.17, 15) is 23.1 Å². The number of benzene rings is 2. The maximum atomic E-state index is 12.1. The molecule has 1 amide bonds. The Kier molecular flexibility index (Phi) is 5.17. The van der Waals surface area contributed by atoms with Crippen molar-refractivity contribution >= 4 is 57.1 Å². The number of amides is 1. The minimum absolute atomic E-state index is 0. The molecule has 2 N–H and O–H groups in total. The first kappa shape index (κ1) is 18.6. The van der Waals surface area contributed by atoms with E-state index < -0.39 is 26.7 Å². The normalized spacial score (nSPS) is 13.6. The van der Waals surface area contributed by atoms with Crippen molar-refractivity contribution in [1.82, 2.24) is 0 Å². The van der Waals surface area contributed by atoms with Gasteiger partial charge in [-0.1, -0.05) is 12.1 Å². The molecule has 120 valence electrons. The zero-order chi connectivity index (χ0) is 16.8. The number of aromatic hydroxyl groups is 1. The van der Waals surface area contributed by atoms with Crippen molar-refractivity contribution in [3.63, 3.8) is 0 Å². The van der Waals surface area contributed by atoms with Crippen LogP contribution in [0.5, 0.6) is 5.75 Å². The van der Waals surface area contributed by atoms with Gasteiger partial charge in [0.05, 0.1) is 22.7 Å². The minimum atomic E-state index is -4.46. The second-order valence-electron chi connectivity index (χ2n) is 5.04. The molecule has 0 saturated carbocycles. The molecule has 0 fully saturated rings. The monoisotopic (exact) mass is 357 g/mol. The van der Waals surface area contributed by atoms with Crippen molar-refractivity contribution in [3.8, 4) is 5.75 Å². The van der Waals surface area contributed by atoms with Crippen molar-refractivity contribution in [2.75, 3.05) is 4.90 Å². The molecule has 0 aromatic heterocycles. The molecule has 1 aliphatic rings. The molecule has 9 heteroatoms. The molecule has 0 atom stereocenters. The maximum absolute atomic E-state index is 12.1. The summed E-state index contributed by atoms with van der Waals surface area (Å²) in [5.41, 5.74) is 0.791. The van der Waals surface area contributed by atoms with E-state index in [0.29, 0.717) is 5.56 Å². The van der Waals surface area contributed by atoms with E-state index in [-0.39, 0.29) is 53.1 Å². The van der Waals surface area contributed by atoms with E-state index in [1.807, 2.05) is 0 Å². The van der Waals surface area contributed by atoms with Gasteiger partial charge in [0.15, 0.2) is 0 Å². The Morgan fingerprint density at radius 3 is 2.38 bits per heavy atom. The Balaban J connectivity index is 0.00000208. The van der Waals surface area contributed by atoms with Crippen molar-refractivity contribution < 1.29 is 27.7 Å². The molecular formula is C15H12NNaO6S. The average Bonchev–Trinajstić information content (AvgIpc) is 2.71. The Morgan fingerprint density at radius 2 is 1.75 bits per heavy atom. The summed E-state index contributed by atoms with van der Waals surface area (Å²) in [5, 5.41) is 9.46. The summed E-state index contributed by atoms with van der Waals surface area (Å²) in [4.78, 5) is 24.9. The van der Waals surface area contributed by atoms with Gasteiger partial charge in [-0.2, -0.15) is 8.42 Å². The number of nitrogens with zero attached hydrogens (tertiary/aromatic N) is 1. The number of anilines is 1. The Labute approximate surface area is 159 Å². The van der Waals surface area contributed by atoms with Crippen LogP contribution in [0, 0.1) is 0 Å². The SMILES string of the molecule is O=C1C(=O)N(Cc2cccc(O)c2)c2ccc(S(=O)(=O)O)cc21.[NaH]. The van der Waals surface area contributed by atoms with E-state index in [0.717, 1.165) is 12.1 Å². The quantitative estimate of drug-likeness (QED) is 0.476. The van der Waals surface area contributed by atoms with E-state index in [1.165, 1.54) is 23.1 Å². The van der Waals surface area contributed by atoms with Crippen molar-refractivity contribution in [2.45, 2.75) is 11.4 Å². The predicted molar refractivity (Wildman–Crippen MR) is 87.0 cm³/mol. The van der Waals surface area contributed by atoms with Gasteiger partial charge in [0.2, 0.25) is 0 Å². The van der Waals surface area contributed by atoms with Gasteiger partial charge in [0.25, 0.3) is 21.8 Å². The zero-order valence-electron chi connectivity index (χ0n) is 11.6. The van der Waals surface area contributed by atoms with Crippen LogP contribution < -0.4 is 4.90 Å². The van der Waals surface area contributed by atoms with Crippen LogP contribution >= 0.6 is 0 Å². The molecule has 2 aromatic rings. The fraction of sp³-hybridized carbons (Fsp3) is 0.0667. The van der Waals surface area contributed by atoms with Gasteiger partial charge < -0.3 is 10.0 Å². The standard InChI is InChI=1S/C15H11NO6S.Na.H/c17-10-3-1-2-9(6-10)8-16-13-5-4-11(23(20,21)22)7-12(13)14(18)15(16)19;;/h1-7,17H,8H2,(H,20,21,22);;. The molecule has 0 spiro atoms. The number of rotatable bonds is 3. The molecule has 7 nitrogen and oxygen atoms in total. The number of hydrogen-bond donors (Lipinski definition) is 2. The zero-order valence-corrected chi connectivity index (χ0v) is 12.4. The molecule has 0 aliphatic carbocycles. The van der Waals surface area contributed by atoms with Crippen LogP contribution in [0.2, 0.25) is 0 Å². The Bertz CT molecular complexity index is 941. The van der Waals surface area contributed by atoms with Gasteiger partial charge in [-0.3, -0.25) is 14.1 Å². The van der Waals surface area contributed by atoms with Gasteiger partial charge in [-0.15, -0.1) is 0 Å². The summed E-state index contributed by atoms with van der Waals surface area (Å²) in [6.45, 7) is 0.0528. The summed E-state index contributed by atoms with van der Waals surface area (Å²) in [7, 11) is -4.46. The van der Waals surface area contributed by atoms with E-state index in [1.54, 1.807) is 12.1 Å². The third-order valence-electron chi connectivity index (χ3n) is 3.49. The Hall–Kier alpha value is -1.71. The van der Waals surface area contributed by atoms with Gasteiger partial charge in [-0.05, 0) is 35.9 Å². The summed E-state index contributed by atoms with van der Waals surface area (Å²) in [6.07, 6.45) is 0. The number of hydrogen-bond acceptors (Lipinski definition) is 5. The van der Waals surface area contributed by atoms with Crippen molar-refractivity contribution in [2.24, 2.45) is 0 Å². The summed E-state index contributed by atoms with van der Waals surface area (Å²) < 4.78 is 31.3. The number of ketones is 1. The molecule has 24 heavy (non-hydrogen) atoms. The van der Waals surface area contributed by atoms with Crippen LogP contribution in [0.25, 0.3) is 0 Å². The van der Waals surface area contributed by atoms with E-state index >= 15 is 0 Å². The fourth-order valence-electron chi connectivity index (χ4n) is 2.43. The van der Waals surface area contributed by atoms with E-state index in [4.69, 9.17) is 4.55 Å². The topological polar surface area (TPSA) is 112 Å². The molecule has 0 radical (unpaired) electrons. The molecule has 2 aromatic carbocycles. The van der Waals surface area contributed by atoms with Crippen LogP contribution in [0.15, 0.2) is 47.4 Å². The molecule has 0 saturated heterocycles. The summed E-state index contributed by atoms with van der Waals surface area (Å²) in [5.74, 6) is -1.61. The average molecular weight is 357 g/mol. The van der Waals surface area contributed by atoms with Crippen LogP contribution in [0.3, 0.4) is 0 Å². The second kappa shape index (κ2) is 6.66. The van der Waals surface area contributed by atoms with Crippen LogP contribution in [0.4, 0.5) is 5.69 Å². The van der Waals surface area contributed by atoms with Gasteiger partial charge in [0.1, 0.15) is 5.75 Å². The van der Waals surface area contributed by atoms with Crippen LogP contribution in [-0.4, -0.2) is 59.3 Å². The molecule has 1 heterocycles. The van der Waals surface area contributed by atoms with Gasteiger partial charge >= 0.3 is 29.6 Å². The fourth-order valence-corrected chi connectivity index (χ4v) is 2.94. The number of phenols is 1.